The number of benzene rings is 1. The average molecular weight is 288 g/mol. The van der Waals surface area contributed by atoms with E-state index in [1.165, 1.54) is 0 Å². The van der Waals surface area contributed by atoms with E-state index >= 15 is 0 Å². The van der Waals surface area contributed by atoms with Crippen LogP contribution in [0.2, 0.25) is 0 Å². The van der Waals surface area contributed by atoms with Crippen LogP contribution in [0.5, 0.6) is 0 Å². The van der Waals surface area contributed by atoms with Gasteiger partial charge in [-0.3, -0.25) is 4.79 Å². The van der Waals surface area contributed by atoms with Crippen molar-refractivity contribution in [2.75, 3.05) is 33.4 Å². The molecular weight excluding hydrogens is 264 g/mol. The summed E-state index contributed by atoms with van der Waals surface area (Å²) in [6.07, 6.45) is 3.04. The molecule has 2 aliphatic heterocycles. The van der Waals surface area contributed by atoms with E-state index in [1.54, 1.807) is 7.11 Å². The second-order valence-corrected chi connectivity index (χ2v) is 6.12. The number of ether oxygens (including phenoxy) is 1. The van der Waals surface area contributed by atoms with E-state index in [1.807, 2.05) is 18.2 Å². The minimum Gasteiger partial charge on any atom is -0.383 e. The van der Waals surface area contributed by atoms with Gasteiger partial charge in [0.2, 0.25) is 5.91 Å². The summed E-state index contributed by atoms with van der Waals surface area (Å²) in [4.78, 5) is 15.0. The molecule has 3 rings (SSSR count). The SMILES string of the molecule is COCCN1C(=O)C(c2ccccc2)CC12CCNCC2. The van der Waals surface area contributed by atoms with Crippen molar-refractivity contribution in [1.29, 1.82) is 0 Å². The van der Waals surface area contributed by atoms with Gasteiger partial charge in [0.25, 0.3) is 0 Å². The molecule has 0 bridgehead atoms. The molecule has 2 heterocycles. The maximum Gasteiger partial charge on any atom is 0.230 e. The van der Waals surface area contributed by atoms with Gasteiger partial charge in [-0.1, -0.05) is 30.3 Å². The van der Waals surface area contributed by atoms with Gasteiger partial charge in [0.1, 0.15) is 0 Å². The van der Waals surface area contributed by atoms with Crippen molar-refractivity contribution in [2.45, 2.75) is 30.7 Å². The van der Waals surface area contributed by atoms with Gasteiger partial charge in [0, 0.05) is 19.2 Å². The van der Waals surface area contributed by atoms with E-state index in [2.05, 4.69) is 22.3 Å². The van der Waals surface area contributed by atoms with Crippen molar-refractivity contribution in [3.8, 4) is 0 Å². The summed E-state index contributed by atoms with van der Waals surface area (Å²) in [5.74, 6) is 0.293. The Kier molecular flexibility index (Phi) is 4.27. The van der Waals surface area contributed by atoms with Crippen LogP contribution in [-0.4, -0.2) is 49.7 Å². The van der Waals surface area contributed by atoms with Gasteiger partial charge in [-0.25, -0.2) is 0 Å². The molecule has 0 radical (unpaired) electrons. The smallest absolute Gasteiger partial charge is 0.230 e. The predicted molar refractivity (Wildman–Crippen MR) is 82.2 cm³/mol. The number of hydrogen-bond donors (Lipinski definition) is 1. The van der Waals surface area contributed by atoms with Crippen LogP contribution in [0.25, 0.3) is 0 Å². The standard InChI is InChI=1S/C17H24N2O2/c1-21-12-11-19-16(20)15(14-5-3-2-4-6-14)13-17(19)7-9-18-10-8-17/h2-6,15,18H,7-13H2,1H3. The van der Waals surface area contributed by atoms with Crippen LogP contribution in [0, 0.1) is 0 Å². The van der Waals surface area contributed by atoms with Gasteiger partial charge >= 0.3 is 0 Å². The van der Waals surface area contributed by atoms with Crippen LogP contribution in [0.1, 0.15) is 30.7 Å². The van der Waals surface area contributed by atoms with E-state index in [9.17, 15) is 4.79 Å². The zero-order valence-electron chi connectivity index (χ0n) is 12.7. The molecule has 2 saturated heterocycles. The number of likely N-dealkylation sites (tertiary alicyclic amines) is 1. The van der Waals surface area contributed by atoms with Crippen LogP contribution >= 0.6 is 0 Å². The Morgan fingerprint density at radius 2 is 2.00 bits per heavy atom. The summed E-state index contributed by atoms with van der Waals surface area (Å²) < 4.78 is 5.22. The highest BCUT2D eigenvalue weighted by molar-refractivity contribution is 5.87. The number of hydrogen-bond acceptors (Lipinski definition) is 3. The maximum atomic E-state index is 12.9. The molecule has 1 amide bonds. The van der Waals surface area contributed by atoms with Gasteiger partial charge in [-0.2, -0.15) is 0 Å². The Morgan fingerprint density at radius 1 is 1.29 bits per heavy atom. The average Bonchev–Trinajstić information content (AvgIpc) is 2.79. The van der Waals surface area contributed by atoms with Crippen LogP contribution in [0.4, 0.5) is 0 Å². The lowest BCUT2D eigenvalue weighted by Crippen LogP contribution is -2.53. The molecule has 114 valence electrons. The number of methoxy groups -OCH3 is 1. The third-order valence-electron chi connectivity index (χ3n) is 4.98. The van der Waals surface area contributed by atoms with Crippen LogP contribution < -0.4 is 5.32 Å². The van der Waals surface area contributed by atoms with Crippen LogP contribution in [0.3, 0.4) is 0 Å². The van der Waals surface area contributed by atoms with E-state index in [-0.39, 0.29) is 17.4 Å². The molecule has 0 saturated carbocycles. The lowest BCUT2D eigenvalue weighted by molar-refractivity contribution is -0.133. The number of carbonyl (C=O) groups excluding carboxylic acids is 1. The lowest BCUT2D eigenvalue weighted by atomic mass is 9.82. The summed E-state index contributed by atoms with van der Waals surface area (Å²) >= 11 is 0. The van der Waals surface area contributed by atoms with Gasteiger partial charge in [-0.15, -0.1) is 0 Å². The minimum absolute atomic E-state index is 0.0150. The zero-order chi connectivity index (χ0) is 14.7. The zero-order valence-corrected chi connectivity index (χ0v) is 12.7. The van der Waals surface area contributed by atoms with Crippen molar-refractivity contribution < 1.29 is 9.53 Å². The van der Waals surface area contributed by atoms with Gasteiger partial charge < -0.3 is 15.0 Å². The molecule has 1 atom stereocenters. The molecule has 1 aromatic rings. The Bertz CT molecular complexity index is 483. The fourth-order valence-electron chi connectivity index (χ4n) is 3.84. The molecular formula is C17H24N2O2. The van der Waals surface area contributed by atoms with E-state index in [0.29, 0.717) is 13.2 Å². The summed E-state index contributed by atoms with van der Waals surface area (Å²) in [5, 5.41) is 3.41. The monoisotopic (exact) mass is 288 g/mol. The third-order valence-corrected chi connectivity index (χ3v) is 4.98. The molecule has 1 unspecified atom stereocenters. The number of nitrogens with one attached hydrogen (secondary N) is 1. The molecule has 2 fully saturated rings. The Balaban J connectivity index is 1.87. The second kappa shape index (κ2) is 6.16. The quantitative estimate of drug-likeness (QED) is 0.918. The normalized spacial score (nSPS) is 24.7. The van der Waals surface area contributed by atoms with Gasteiger partial charge in [0.15, 0.2) is 0 Å². The van der Waals surface area contributed by atoms with Crippen molar-refractivity contribution in [1.82, 2.24) is 10.2 Å². The number of amides is 1. The number of nitrogens with zero attached hydrogens (tertiary/aromatic N) is 1. The molecule has 1 spiro atoms. The minimum atomic E-state index is 0.0150. The largest absolute Gasteiger partial charge is 0.383 e. The van der Waals surface area contributed by atoms with E-state index in [0.717, 1.165) is 37.9 Å². The molecule has 0 aromatic heterocycles. The molecule has 21 heavy (non-hydrogen) atoms. The van der Waals surface area contributed by atoms with Crippen molar-refractivity contribution >= 4 is 5.91 Å². The molecule has 1 N–H and O–H groups in total. The van der Waals surface area contributed by atoms with Crippen LogP contribution in [-0.2, 0) is 9.53 Å². The number of piperidine rings is 1. The first-order valence-corrected chi connectivity index (χ1v) is 7.83. The Labute approximate surface area is 126 Å². The summed E-state index contributed by atoms with van der Waals surface area (Å²) in [6.45, 7) is 3.32. The molecule has 4 heteroatoms. The molecule has 1 aromatic carbocycles. The first-order chi connectivity index (χ1) is 10.3. The Hall–Kier alpha value is -1.39. The molecule has 2 aliphatic rings. The maximum absolute atomic E-state index is 12.9. The van der Waals surface area contributed by atoms with Gasteiger partial charge in [-0.05, 0) is 37.9 Å². The van der Waals surface area contributed by atoms with E-state index in [4.69, 9.17) is 4.74 Å². The van der Waals surface area contributed by atoms with Crippen molar-refractivity contribution in [2.24, 2.45) is 0 Å². The first kappa shape index (κ1) is 14.5. The molecule has 0 aliphatic carbocycles. The number of carbonyl (C=O) groups is 1. The summed E-state index contributed by atoms with van der Waals surface area (Å²) in [6, 6.07) is 10.2. The lowest BCUT2D eigenvalue weighted by Gasteiger charge is -2.41. The second-order valence-electron chi connectivity index (χ2n) is 6.12. The van der Waals surface area contributed by atoms with E-state index < -0.39 is 0 Å². The fourth-order valence-corrected chi connectivity index (χ4v) is 3.84. The fraction of sp³-hybridized carbons (Fsp3) is 0.588. The highest BCUT2D eigenvalue weighted by atomic mass is 16.5. The van der Waals surface area contributed by atoms with Crippen molar-refractivity contribution in [3.05, 3.63) is 35.9 Å². The highest BCUT2D eigenvalue weighted by Gasteiger charge is 2.50. The summed E-state index contributed by atoms with van der Waals surface area (Å²) in [5.41, 5.74) is 1.18. The number of rotatable bonds is 4. The van der Waals surface area contributed by atoms with Crippen LogP contribution in [0.15, 0.2) is 30.3 Å². The van der Waals surface area contributed by atoms with Gasteiger partial charge in [0.05, 0.1) is 12.5 Å². The summed E-state index contributed by atoms with van der Waals surface area (Å²) in [7, 11) is 1.70. The predicted octanol–water partition coefficient (Wildman–Crippen LogP) is 1.77. The Morgan fingerprint density at radius 3 is 2.67 bits per heavy atom. The highest BCUT2D eigenvalue weighted by Crippen LogP contribution is 2.44. The topological polar surface area (TPSA) is 41.6 Å². The van der Waals surface area contributed by atoms with Crippen molar-refractivity contribution in [3.63, 3.8) is 0 Å². The third kappa shape index (κ3) is 2.70. The first-order valence-electron chi connectivity index (χ1n) is 7.83. The molecule has 4 nitrogen and oxygen atoms in total.